The number of hydrogen-bond donors (Lipinski definition) is 2. The summed E-state index contributed by atoms with van der Waals surface area (Å²) in [5.41, 5.74) is 4.78. The van der Waals surface area contributed by atoms with Gasteiger partial charge < -0.3 is 15.2 Å². The van der Waals surface area contributed by atoms with Gasteiger partial charge in [-0.1, -0.05) is 25.5 Å². The molecule has 206 valence electrons. The second kappa shape index (κ2) is 11.8. The van der Waals surface area contributed by atoms with E-state index in [-0.39, 0.29) is 17.8 Å². The standard InChI is InChI=1S/C32H40N4O3/c1-4-5-16-39-30(37)23-8-11-26(12-9-23)32(3,38)29-13-10-24(20-34-29)25-17-21(2)18-27(19-25)35-31-33-15-14-28(36-31)22-6-7-22/h10,13-15,17-20,22-23,26,38H,4-9,11-12,16H2,1-3H3,(H,33,35,36)/t23-,26-,32?. The number of benzene rings is 1. The fourth-order valence-corrected chi connectivity index (χ4v) is 5.59. The van der Waals surface area contributed by atoms with E-state index in [1.807, 2.05) is 37.5 Å². The molecule has 1 aromatic carbocycles. The van der Waals surface area contributed by atoms with Crippen LogP contribution in [0.5, 0.6) is 0 Å². The average molecular weight is 529 g/mol. The molecule has 0 radical (unpaired) electrons. The number of aliphatic hydroxyl groups is 1. The summed E-state index contributed by atoms with van der Waals surface area (Å²) in [6.45, 7) is 6.51. The molecule has 2 aromatic heterocycles. The Kier molecular flexibility index (Phi) is 8.26. The van der Waals surface area contributed by atoms with Crippen molar-refractivity contribution in [3.8, 4) is 11.1 Å². The van der Waals surface area contributed by atoms with Crippen LogP contribution < -0.4 is 5.32 Å². The minimum atomic E-state index is -1.06. The molecule has 1 atom stereocenters. The quantitative estimate of drug-likeness (QED) is 0.220. The second-order valence-corrected chi connectivity index (χ2v) is 11.4. The van der Waals surface area contributed by atoms with Gasteiger partial charge in [0.1, 0.15) is 5.60 Å². The van der Waals surface area contributed by atoms with Crippen LogP contribution in [0.25, 0.3) is 11.1 Å². The Morgan fingerprint density at radius 1 is 1.05 bits per heavy atom. The van der Waals surface area contributed by atoms with Crippen LogP contribution in [0, 0.1) is 18.8 Å². The zero-order chi connectivity index (χ0) is 27.4. The molecule has 3 aromatic rings. The van der Waals surface area contributed by atoms with Crippen LogP contribution >= 0.6 is 0 Å². The molecule has 2 heterocycles. The number of nitrogens with one attached hydrogen (secondary N) is 1. The van der Waals surface area contributed by atoms with E-state index < -0.39 is 5.60 Å². The molecule has 5 rings (SSSR count). The van der Waals surface area contributed by atoms with E-state index >= 15 is 0 Å². The minimum absolute atomic E-state index is 0.0525. The maximum absolute atomic E-state index is 12.4. The first kappa shape index (κ1) is 27.3. The molecule has 0 bridgehead atoms. The van der Waals surface area contributed by atoms with Gasteiger partial charge >= 0.3 is 5.97 Å². The average Bonchev–Trinajstić information content (AvgIpc) is 3.79. The molecule has 2 N–H and O–H groups in total. The number of anilines is 2. The third kappa shape index (κ3) is 6.64. The number of nitrogens with zero attached hydrogens (tertiary/aromatic N) is 3. The Morgan fingerprint density at radius 3 is 2.54 bits per heavy atom. The van der Waals surface area contributed by atoms with Crippen LogP contribution in [-0.2, 0) is 15.1 Å². The summed E-state index contributed by atoms with van der Waals surface area (Å²) >= 11 is 0. The fourth-order valence-electron chi connectivity index (χ4n) is 5.59. The molecule has 2 saturated carbocycles. The summed E-state index contributed by atoms with van der Waals surface area (Å²) in [5, 5.41) is 14.9. The third-order valence-corrected chi connectivity index (χ3v) is 8.22. The highest BCUT2D eigenvalue weighted by Crippen LogP contribution is 2.41. The summed E-state index contributed by atoms with van der Waals surface area (Å²) < 4.78 is 5.42. The highest BCUT2D eigenvalue weighted by Gasteiger charge is 2.39. The summed E-state index contributed by atoms with van der Waals surface area (Å²) in [6.07, 6.45) is 11.0. The van der Waals surface area contributed by atoms with E-state index in [0.29, 0.717) is 24.2 Å². The van der Waals surface area contributed by atoms with Crippen molar-refractivity contribution in [2.75, 3.05) is 11.9 Å². The van der Waals surface area contributed by atoms with E-state index in [4.69, 9.17) is 9.72 Å². The van der Waals surface area contributed by atoms with Crippen molar-refractivity contribution in [1.29, 1.82) is 0 Å². The predicted molar refractivity (Wildman–Crippen MR) is 153 cm³/mol. The van der Waals surface area contributed by atoms with E-state index in [0.717, 1.165) is 66.6 Å². The minimum Gasteiger partial charge on any atom is -0.465 e. The van der Waals surface area contributed by atoms with Gasteiger partial charge in [0, 0.05) is 35.3 Å². The highest BCUT2D eigenvalue weighted by molar-refractivity contribution is 5.72. The molecule has 2 aliphatic rings. The van der Waals surface area contributed by atoms with Gasteiger partial charge in [0.15, 0.2) is 0 Å². The molecular weight excluding hydrogens is 488 g/mol. The number of carbonyl (C=O) groups excluding carboxylic acids is 1. The van der Waals surface area contributed by atoms with Crippen molar-refractivity contribution in [3.63, 3.8) is 0 Å². The molecule has 2 fully saturated rings. The highest BCUT2D eigenvalue weighted by atomic mass is 16.5. The van der Waals surface area contributed by atoms with Crippen LogP contribution in [0.15, 0.2) is 48.8 Å². The van der Waals surface area contributed by atoms with Crippen molar-refractivity contribution in [2.45, 2.75) is 83.7 Å². The Balaban J connectivity index is 1.24. The van der Waals surface area contributed by atoms with Crippen molar-refractivity contribution >= 4 is 17.6 Å². The third-order valence-electron chi connectivity index (χ3n) is 8.22. The van der Waals surface area contributed by atoms with Crippen LogP contribution in [0.3, 0.4) is 0 Å². The van der Waals surface area contributed by atoms with Crippen molar-refractivity contribution in [3.05, 3.63) is 65.7 Å². The zero-order valence-electron chi connectivity index (χ0n) is 23.3. The molecule has 1 unspecified atom stereocenters. The number of ether oxygens (including phenoxy) is 1. The summed E-state index contributed by atoms with van der Waals surface area (Å²) in [4.78, 5) is 26.1. The van der Waals surface area contributed by atoms with Crippen molar-refractivity contribution < 1.29 is 14.6 Å². The van der Waals surface area contributed by atoms with E-state index in [1.165, 1.54) is 12.8 Å². The number of esters is 1. The largest absolute Gasteiger partial charge is 0.465 e. The van der Waals surface area contributed by atoms with Crippen molar-refractivity contribution in [2.24, 2.45) is 11.8 Å². The lowest BCUT2D eigenvalue weighted by molar-refractivity contribution is -0.151. The summed E-state index contributed by atoms with van der Waals surface area (Å²) in [5.74, 6) is 1.10. The smallest absolute Gasteiger partial charge is 0.308 e. The first-order chi connectivity index (χ1) is 18.8. The first-order valence-electron chi connectivity index (χ1n) is 14.4. The molecule has 7 nitrogen and oxygen atoms in total. The monoisotopic (exact) mass is 528 g/mol. The maximum atomic E-state index is 12.4. The normalized spacial score (nSPS) is 20.7. The molecule has 0 saturated heterocycles. The molecule has 0 amide bonds. The predicted octanol–water partition coefficient (Wildman–Crippen LogP) is 6.83. The summed E-state index contributed by atoms with van der Waals surface area (Å²) in [6, 6.07) is 12.2. The lowest BCUT2D eigenvalue weighted by atomic mass is 9.73. The second-order valence-electron chi connectivity index (χ2n) is 11.4. The molecule has 2 aliphatic carbocycles. The van der Waals surface area contributed by atoms with Crippen LogP contribution in [0.4, 0.5) is 11.6 Å². The molecule has 0 spiro atoms. The van der Waals surface area contributed by atoms with Crippen LogP contribution in [0.2, 0.25) is 0 Å². The van der Waals surface area contributed by atoms with Gasteiger partial charge in [-0.05, 0) is 100 Å². The van der Waals surface area contributed by atoms with E-state index in [1.54, 1.807) is 0 Å². The van der Waals surface area contributed by atoms with Gasteiger partial charge in [0.25, 0.3) is 0 Å². The Labute approximate surface area is 231 Å². The van der Waals surface area contributed by atoms with Gasteiger partial charge in [0.05, 0.1) is 18.2 Å². The van der Waals surface area contributed by atoms with Gasteiger partial charge in [-0.15, -0.1) is 0 Å². The van der Waals surface area contributed by atoms with E-state index in [9.17, 15) is 9.90 Å². The molecule has 7 heteroatoms. The molecular formula is C32H40N4O3. The first-order valence-corrected chi connectivity index (χ1v) is 14.4. The Morgan fingerprint density at radius 2 is 1.85 bits per heavy atom. The number of pyridine rings is 1. The molecule has 39 heavy (non-hydrogen) atoms. The number of aryl methyl sites for hydroxylation is 1. The Hall–Kier alpha value is -3.32. The number of rotatable bonds is 10. The molecule has 0 aliphatic heterocycles. The van der Waals surface area contributed by atoms with Gasteiger partial charge in [-0.3, -0.25) is 9.78 Å². The SMILES string of the molecule is CCCCOC(=O)[C@H]1CC[C@H](C(C)(O)c2ccc(-c3cc(C)cc(Nc4nccc(C5CC5)n4)c3)cn2)CC1. The summed E-state index contributed by atoms with van der Waals surface area (Å²) in [7, 11) is 0. The number of aromatic nitrogens is 3. The topological polar surface area (TPSA) is 97.2 Å². The van der Waals surface area contributed by atoms with Gasteiger partial charge in [-0.2, -0.15) is 0 Å². The Bertz CT molecular complexity index is 1280. The van der Waals surface area contributed by atoms with Crippen LogP contribution in [0.1, 0.15) is 88.1 Å². The van der Waals surface area contributed by atoms with Crippen LogP contribution in [-0.4, -0.2) is 32.6 Å². The van der Waals surface area contributed by atoms with Gasteiger partial charge in [0.2, 0.25) is 5.95 Å². The lowest BCUT2D eigenvalue weighted by Crippen LogP contribution is -2.37. The van der Waals surface area contributed by atoms with E-state index in [2.05, 4.69) is 47.3 Å². The number of carbonyl (C=O) groups is 1. The number of hydrogen-bond acceptors (Lipinski definition) is 7. The fraction of sp³-hybridized carbons (Fsp3) is 0.500. The lowest BCUT2D eigenvalue weighted by Gasteiger charge is -2.37. The van der Waals surface area contributed by atoms with Gasteiger partial charge in [-0.25, -0.2) is 9.97 Å². The number of unbranched alkanes of at least 4 members (excludes halogenated alkanes) is 1. The maximum Gasteiger partial charge on any atom is 0.308 e. The van der Waals surface area contributed by atoms with Crippen molar-refractivity contribution in [1.82, 2.24) is 15.0 Å². The zero-order valence-corrected chi connectivity index (χ0v) is 23.3.